The monoisotopic (exact) mass is 544 g/mol. The van der Waals surface area contributed by atoms with E-state index in [1.54, 1.807) is 0 Å². The fourth-order valence-corrected chi connectivity index (χ4v) is 5.23. The molecule has 7 heteroatoms. The second-order valence-electron chi connectivity index (χ2n) is 8.73. The molecule has 1 heterocycles. The van der Waals surface area contributed by atoms with Crippen LogP contribution in [0.25, 0.3) is 22.5 Å². The van der Waals surface area contributed by atoms with Crippen molar-refractivity contribution >= 4 is 29.5 Å². The minimum absolute atomic E-state index is 0.000440. The van der Waals surface area contributed by atoms with Crippen molar-refractivity contribution in [2.75, 3.05) is 11.9 Å². The Morgan fingerprint density at radius 2 is 1.35 bits per heavy atom. The first-order valence-corrected chi connectivity index (χ1v) is 13.4. The highest BCUT2D eigenvalue weighted by Crippen LogP contribution is 2.41. The van der Waals surface area contributed by atoms with Gasteiger partial charge in [0.05, 0.1) is 0 Å². The minimum atomic E-state index is -0.663. The Hall–Kier alpha value is -5.06. The molecule has 0 saturated carbocycles. The van der Waals surface area contributed by atoms with Crippen LogP contribution in [0.15, 0.2) is 131 Å². The third kappa shape index (κ3) is 6.15. The van der Waals surface area contributed by atoms with Gasteiger partial charge in [-0.3, -0.25) is 14.9 Å². The number of rotatable bonds is 9. The number of thioether (sulfide) groups is 1. The summed E-state index contributed by atoms with van der Waals surface area (Å²) in [7, 11) is 0. The molecule has 0 aliphatic carbocycles. The molecule has 5 aromatic rings. The maximum absolute atomic E-state index is 13.2. The van der Waals surface area contributed by atoms with E-state index in [1.807, 2.05) is 121 Å². The van der Waals surface area contributed by atoms with Crippen LogP contribution in [0.2, 0.25) is 0 Å². The summed E-state index contributed by atoms with van der Waals surface area (Å²) in [6.45, 7) is -0.537. The molecule has 1 unspecified atom stereocenters. The third-order valence-corrected chi connectivity index (χ3v) is 7.28. The lowest BCUT2D eigenvalue weighted by Gasteiger charge is -2.16. The number of anilines is 1. The summed E-state index contributed by atoms with van der Waals surface area (Å²) in [4.78, 5) is 27.0. The van der Waals surface area contributed by atoms with E-state index in [2.05, 4.69) is 11.4 Å². The second-order valence-corrected chi connectivity index (χ2v) is 9.91. The summed E-state index contributed by atoms with van der Waals surface area (Å²) in [5, 5.41) is 12.0. The summed E-state index contributed by atoms with van der Waals surface area (Å²) in [5.74, 6) is -0.710. The summed E-state index contributed by atoms with van der Waals surface area (Å²) >= 11 is 1.34. The van der Waals surface area contributed by atoms with E-state index in [-0.39, 0.29) is 11.4 Å². The van der Waals surface area contributed by atoms with Crippen molar-refractivity contribution in [1.29, 1.82) is 5.26 Å². The van der Waals surface area contributed by atoms with Crippen LogP contribution < -0.4 is 5.32 Å². The Bertz CT molecular complexity index is 1630. The number of hydrogen-bond donors (Lipinski definition) is 1. The highest BCUT2D eigenvalue weighted by atomic mass is 32.2. The number of nitrogens with one attached hydrogen (secondary N) is 1. The van der Waals surface area contributed by atoms with Crippen molar-refractivity contribution in [1.82, 2.24) is 0 Å². The Morgan fingerprint density at radius 3 is 1.95 bits per heavy atom. The van der Waals surface area contributed by atoms with Crippen LogP contribution in [0.5, 0.6) is 0 Å². The lowest BCUT2D eigenvalue weighted by molar-refractivity contribution is -0.146. The maximum atomic E-state index is 13.2. The van der Waals surface area contributed by atoms with E-state index in [1.165, 1.54) is 11.8 Å². The molecule has 4 aromatic carbocycles. The average Bonchev–Trinajstić information content (AvgIpc) is 3.38. The predicted octanol–water partition coefficient (Wildman–Crippen LogP) is 7.50. The van der Waals surface area contributed by atoms with Crippen molar-refractivity contribution in [2.24, 2.45) is 0 Å². The molecule has 0 radical (unpaired) electrons. The van der Waals surface area contributed by atoms with Crippen LogP contribution >= 0.6 is 11.8 Å². The van der Waals surface area contributed by atoms with Gasteiger partial charge in [0.1, 0.15) is 22.6 Å². The largest absolute Gasteiger partial charge is 0.454 e. The number of benzene rings is 4. The van der Waals surface area contributed by atoms with E-state index in [0.717, 1.165) is 21.6 Å². The zero-order valence-electron chi connectivity index (χ0n) is 21.3. The van der Waals surface area contributed by atoms with Gasteiger partial charge in [0.25, 0.3) is 5.91 Å². The number of esters is 1. The fraction of sp³-hybridized carbons (Fsp3) is 0.0606. The molecule has 1 amide bonds. The first-order chi connectivity index (χ1) is 19.6. The van der Waals surface area contributed by atoms with Crippen molar-refractivity contribution in [3.8, 4) is 28.5 Å². The molecule has 0 spiro atoms. The van der Waals surface area contributed by atoms with Gasteiger partial charge in [-0.05, 0) is 23.3 Å². The first kappa shape index (κ1) is 26.5. The Morgan fingerprint density at radius 1 is 0.800 bits per heavy atom. The van der Waals surface area contributed by atoms with Gasteiger partial charge in [0.15, 0.2) is 6.61 Å². The van der Waals surface area contributed by atoms with Crippen molar-refractivity contribution in [3.05, 3.63) is 132 Å². The number of carbonyl (C=O) groups excluding carboxylic acids is 2. The summed E-state index contributed by atoms with van der Waals surface area (Å²) in [5.41, 5.74) is 3.06. The highest BCUT2D eigenvalue weighted by Gasteiger charge is 2.27. The molecule has 0 fully saturated rings. The van der Waals surface area contributed by atoms with E-state index in [0.29, 0.717) is 11.3 Å². The van der Waals surface area contributed by atoms with E-state index in [9.17, 15) is 14.9 Å². The molecule has 0 bridgehead atoms. The van der Waals surface area contributed by atoms with E-state index < -0.39 is 23.7 Å². The normalized spacial score (nSPS) is 11.3. The van der Waals surface area contributed by atoms with Crippen LogP contribution in [0, 0.1) is 11.3 Å². The number of ether oxygens (including phenoxy) is 1. The number of furan rings is 1. The minimum Gasteiger partial charge on any atom is -0.454 e. The van der Waals surface area contributed by atoms with Gasteiger partial charge in [0.2, 0.25) is 5.88 Å². The molecule has 6 nitrogen and oxygen atoms in total. The van der Waals surface area contributed by atoms with Gasteiger partial charge in [-0.25, -0.2) is 0 Å². The van der Waals surface area contributed by atoms with Crippen molar-refractivity contribution < 1.29 is 18.7 Å². The third-order valence-electron chi connectivity index (χ3n) is 6.03. The number of amides is 1. The zero-order valence-corrected chi connectivity index (χ0v) is 22.1. The standard InChI is InChI=1S/C33H24N2O4S/c34-21-27-29(23-13-5-1-6-14-23)30(24-15-7-2-8-16-24)39-32(27)35-28(36)22-38-33(37)31(25-17-9-3-10-18-25)40-26-19-11-4-12-20-26/h1-20,31H,22H2,(H,35,36). The molecule has 196 valence electrons. The molecule has 0 aliphatic rings. The molecular formula is C33H24N2O4S. The number of nitriles is 1. The van der Waals surface area contributed by atoms with Crippen LogP contribution in [0.4, 0.5) is 5.88 Å². The van der Waals surface area contributed by atoms with Gasteiger partial charge in [-0.15, -0.1) is 11.8 Å². The second kappa shape index (κ2) is 12.7. The van der Waals surface area contributed by atoms with Crippen LogP contribution in [-0.2, 0) is 14.3 Å². The molecule has 1 N–H and O–H groups in total. The van der Waals surface area contributed by atoms with Gasteiger partial charge >= 0.3 is 5.97 Å². The Labute approximate surface area is 236 Å². The summed E-state index contributed by atoms with van der Waals surface area (Å²) < 4.78 is 11.5. The first-order valence-electron chi connectivity index (χ1n) is 12.5. The van der Waals surface area contributed by atoms with Gasteiger partial charge in [0, 0.05) is 16.0 Å². The molecule has 1 atom stereocenters. The molecular weight excluding hydrogens is 520 g/mol. The van der Waals surface area contributed by atoms with Crippen LogP contribution in [-0.4, -0.2) is 18.5 Å². The van der Waals surface area contributed by atoms with Crippen molar-refractivity contribution in [2.45, 2.75) is 10.1 Å². The topological polar surface area (TPSA) is 92.3 Å². The summed E-state index contributed by atoms with van der Waals surface area (Å²) in [6.07, 6.45) is 0. The average molecular weight is 545 g/mol. The van der Waals surface area contributed by atoms with Gasteiger partial charge in [-0.2, -0.15) is 5.26 Å². The fourth-order valence-electron chi connectivity index (χ4n) is 4.19. The zero-order chi connectivity index (χ0) is 27.7. The lowest BCUT2D eigenvalue weighted by Crippen LogP contribution is -2.23. The number of carbonyl (C=O) groups is 2. The molecule has 1 aromatic heterocycles. The maximum Gasteiger partial charge on any atom is 0.324 e. The smallest absolute Gasteiger partial charge is 0.324 e. The van der Waals surface area contributed by atoms with Crippen LogP contribution in [0.1, 0.15) is 16.4 Å². The number of hydrogen-bond acceptors (Lipinski definition) is 6. The van der Waals surface area contributed by atoms with Gasteiger partial charge < -0.3 is 9.15 Å². The number of nitrogens with zero attached hydrogens (tertiary/aromatic N) is 1. The highest BCUT2D eigenvalue weighted by molar-refractivity contribution is 8.00. The Balaban J connectivity index is 1.36. The Kier molecular flexibility index (Phi) is 8.40. The summed E-state index contributed by atoms with van der Waals surface area (Å²) in [6, 6.07) is 39.7. The molecule has 0 aliphatic heterocycles. The molecule has 5 rings (SSSR count). The molecule has 0 saturated heterocycles. The van der Waals surface area contributed by atoms with Crippen molar-refractivity contribution in [3.63, 3.8) is 0 Å². The SMILES string of the molecule is N#Cc1c(NC(=O)COC(=O)C(Sc2ccccc2)c2ccccc2)oc(-c2ccccc2)c1-c1ccccc1. The predicted molar refractivity (Wildman–Crippen MR) is 155 cm³/mol. The van der Waals surface area contributed by atoms with Crippen LogP contribution in [0.3, 0.4) is 0 Å². The van der Waals surface area contributed by atoms with E-state index >= 15 is 0 Å². The quantitative estimate of drug-likeness (QED) is 0.153. The van der Waals surface area contributed by atoms with Gasteiger partial charge in [-0.1, -0.05) is 109 Å². The van der Waals surface area contributed by atoms with E-state index in [4.69, 9.17) is 9.15 Å². The lowest BCUT2D eigenvalue weighted by atomic mass is 9.98. The molecule has 40 heavy (non-hydrogen) atoms.